The molecule has 2 aromatic carbocycles. The number of nitro benzene ring substituents is 1. The minimum absolute atomic E-state index is 0.0463. The fourth-order valence-corrected chi connectivity index (χ4v) is 2.63. The molecule has 0 fully saturated rings. The highest BCUT2D eigenvalue weighted by atomic mass is 16.6. The van der Waals surface area contributed by atoms with E-state index in [0.29, 0.717) is 22.3 Å². The molecule has 27 heavy (non-hydrogen) atoms. The average molecular weight is 365 g/mol. The van der Waals surface area contributed by atoms with Gasteiger partial charge in [0.1, 0.15) is 5.56 Å². The van der Waals surface area contributed by atoms with Crippen molar-refractivity contribution in [3.05, 3.63) is 69.1 Å². The van der Waals surface area contributed by atoms with Crippen LogP contribution < -0.4 is 10.4 Å². The molecule has 4 rings (SSSR count). The van der Waals surface area contributed by atoms with Gasteiger partial charge in [-0.25, -0.2) is 4.79 Å². The Morgan fingerprint density at radius 2 is 1.81 bits per heavy atom. The van der Waals surface area contributed by atoms with Crippen LogP contribution >= 0.6 is 0 Å². The first-order valence-corrected chi connectivity index (χ1v) is 7.76. The van der Waals surface area contributed by atoms with Crippen molar-refractivity contribution in [2.24, 2.45) is 0 Å². The number of methoxy groups -OCH3 is 1. The molecule has 0 N–H and O–H groups in total. The zero-order valence-electron chi connectivity index (χ0n) is 13.9. The van der Waals surface area contributed by atoms with Gasteiger partial charge >= 0.3 is 5.63 Å². The number of hydrogen-bond donors (Lipinski definition) is 0. The van der Waals surface area contributed by atoms with Gasteiger partial charge in [-0.15, -0.1) is 10.2 Å². The zero-order chi connectivity index (χ0) is 19.0. The maximum Gasteiger partial charge on any atom is 0.349 e. The van der Waals surface area contributed by atoms with Crippen molar-refractivity contribution in [3.63, 3.8) is 0 Å². The van der Waals surface area contributed by atoms with Crippen molar-refractivity contribution in [2.75, 3.05) is 7.11 Å². The molecule has 2 heterocycles. The van der Waals surface area contributed by atoms with Gasteiger partial charge in [-0.05, 0) is 18.2 Å². The lowest BCUT2D eigenvalue weighted by Crippen LogP contribution is -2.03. The van der Waals surface area contributed by atoms with Crippen LogP contribution in [0.4, 0.5) is 5.69 Å². The van der Waals surface area contributed by atoms with Crippen LogP contribution in [0.25, 0.3) is 33.9 Å². The number of para-hydroxylation sites is 1. The maximum atomic E-state index is 12.4. The number of benzene rings is 2. The standard InChI is InChI=1S/C18H11N3O6/c1-25-14-7-3-4-10-9-13(18(22)26-15(10)14)17-20-19-16(27-17)11-5-2-6-12(8-11)21(23)24/h2-9H,1H3. The summed E-state index contributed by atoms with van der Waals surface area (Å²) in [6.45, 7) is 0. The molecule has 0 spiro atoms. The van der Waals surface area contributed by atoms with E-state index in [1.54, 1.807) is 30.3 Å². The zero-order valence-corrected chi connectivity index (χ0v) is 13.9. The second kappa shape index (κ2) is 6.37. The molecule has 0 saturated heterocycles. The van der Waals surface area contributed by atoms with E-state index in [-0.39, 0.29) is 23.0 Å². The van der Waals surface area contributed by atoms with E-state index in [2.05, 4.69) is 10.2 Å². The molecule has 9 nitrogen and oxygen atoms in total. The van der Waals surface area contributed by atoms with E-state index in [1.807, 2.05) is 0 Å². The Balaban J connectivity index is 1.80. The second-order valence-corrected chi connectivity index (χ2v) is 5.55. The molecule has 2 aromatic heterocycles. The summed E-state index contributed by atoms with van der Waals surface area (Å²) in [5.41, 5.74) is -0.00675. The topological polar surface area (TPSA) is 122 Å². The summed E-state index contributed by atoms with van der Waals surface area (Å²) >= 11 is 0. The fraction of sp³-hybridized carbons (Fsp3) is 0.0556. The van der Waals surface area contributed by atoms with E-state index in [4.69, 9.17) is 13.6 Å². The van der Waals surface area contributed by atoms with Gasteiger partial charge in [-0.2, -0.15) is 0 Å². The van der Waals surface area contributed by atoms with Gasteiger partial charge in [0.15, 0.2) is 11.3 Å². The highest BCUT2D eigenvalue weighted by Gasteiger charge is 2.18. The van der Waals surface area contributed by atoms with Gasteiger partial charge in [0.2, 0.25) is 5.89 Å². The molecule has 0 amide bonds. The normalized spacial score (nSPS) is 10.9. The highest BCUT2D eigenvalue weighted by Crippen LogP contribution is 2.29. The molecule has 0 saturated carbocycles. The summed E-state index contributed by atoms with van der Waals surface area (Å²) in [6.07, 6.45) is 0. The number of nitrogens with zero attached hydrogens (tertiary/aromatic N) is 3. The van der Waals surface area contributed by atoms with Crippen molar-refractivity contribution in [1.29, 1.82) is 0 Å². The number of nitro groups is 1. The van der Waals surface area contributed by atoms with Gasteiger partial charge in [-0.3, -0.25) is 10.1 Å². The van der Waals surface area contributed by atoms with Crippen molar-refractivity contribution in [2.45, 2.75) is 0 Å². The van der Waals surface area contributed by atoms with E-state index in [1.165, 1.54) is 25.3 Å². The van der Waals surface area contributed by atoms with Crippen molar-refractivity contribution in [3.8, 4) is 28.7 Å². The van der Waals surface area contributed by atoms with Crippen molar-refractivity contribution in [1.82, 2.24) is 10.2 Å². The fourth-order valence-electron chi connectivity index (χ4n) is 2.63. The van der Waals surface area contributed by atoms with Crippen LogP contribution in [0.1, 0.15) is 0 Å². The number of hydrogen-bond acceptors (Lipinski definition) is 8. The third kappa shape index (κ3) is 2.91. The summed E-state index contributed by atoms with van der Waals surface area (Å²) in [5.74, 6) is 0.438. The summed E-state index contributed by atoms with van der Waals surface area (Å²) in [7, 11) is 1.48. The SMILES string of the molecule is COc1cccc2cc(-c3nnc(-c4cccc([N+](=O)[O-])c4)o3)c(=O)oc12. The first-order chi connectivity index (χ1) is 13.1. The van der Waals surface area contributed by atoms with Gasteiger partial charge < -0.3 is 13.6 Å². The minimum Gasteiger partial charge on any atom is -0.493 e. The lowest BCUT2D eigenvalue weighted by Gasteiger charge is -2.03. The Morgan fingerprint density at radius 1 is 1.04 bits per heavy atom. The number of non-ortho nitro benzene ring substituents is 1. The summed E-state index contributed by atoms with van der Waals surface area (Å²) in [4.78, 5) is 22.7. The van der Waals surface area contributed by atoms with Crippen LogP contribution in [0.15, 0.2) is 62.2 Å². The van der Waals surface area contributed by atoms with Crippen molar-refractivity contribution >= 4 is 16.7 Å². The number of ether oxygens (including phenoxy) is 1. The number of fused-ring (bicyclic) bond motifs is 1. The molecule has 9 heteroatoms. The van der Waals surface area contributed by atoms with Gasteiger partial charge in [-0.1, -0.05) is 18.2 Å². The lowest BCUT2D eigenvalue weighted by atomic mass is 10.1. The van der Waals surface area contributed by atoms with Gasteiger partial charge in [0.05, 0.1) is 12.0 Å². The van der Waals surface area contributed by atoms with E-state index in [9.17, 15) is 14.9 Å². The van der Waals surface area contributed by atoms with Crippen LogP contribution in [0, 0.1) is 10.1 Å². The molecule has 0 radical (unpaired) electrons. The Morgan fingerprint density at radius 3 is 2.59 bits per heavy atom. The molecule has 4 aromatic rings. The predicted octanol–water partition coefficient (Wildman–Crippen LogP) is 3.43. The molecule has 0 unspecified atom stereocenters. The molecule has 134 valence electrons. The summed E-state index contributed by atoms with van der Waals surface area (Å²) in [5, 5.41) is 19.3. The molecule has 0 aliphatic carbocycles. The second-order valence-electron chi connectivity index (χ2n) is 5.55. The minimum atomic E-state index is -0.666. The number of rotatable bonds is 4. The Kier molecular flexibility index (Phi) is 3.88. The average Bonchev–Trinajstić information content (AvgIpc) is 3.17. The van der Waals surface area contributed by atoms with Crippen LogP contribution in [0.5, 0.6) is 5.75 Å². The first-order valence-electron chi connectivity index (χ1n) is 7.76. The van der Waals surface area contributed by atoms with E-state index < -0.39 is 10.5 Å². The maximum absolute atomic E-state index is 12.4. The smallest absolute Gasteiger partial charge is 0.349 e. The highest BCUT2D eigenvalue weighted by molar-refractivity contribution is 5.85. The van der Waals surface area contributed by atoms with Crippen molar-refractivity contribution < 1.29 is 18.5 Å². The predicted molar refractivity (Wildman–Crippen MR) is 94.4 cm³/mol. The summed E-state index contributed by atoms with van der Waals surface area (Å²) < 4.78 is 16.1. The van der Waals surface area contributed by atoms with Crippen LogP contribution in [0.3, 0.4) is 0 Å². The lowest BCUT2D eigenvalue weighted by molar-refractivity contribution is -0.384. The Labute approximate surface area is 151 Å². The van der Waals surface area contributed by atoms with E-state index in [0.717, 1.165) is 0 Å². The first kappa shape index (κ1) is 16.5. The third-order valence-electron chi connectivity index (χ3n) is 3.90. The molecule has 0 aliphatic rings. The Bertz CT molecular complexity index is 1230. The summed E-state index contributed by atoms with van der Waals surface area (Å²) in [6, 6.07) is 12.5. The molecular formula is C18H11N3O6. The van der Waals surface area contributed by atoms with Crippen LogP contribution in [0.2, 0.25) is 0 Å². The number of aromatic nitrogens is 2. The van der Waals surface area contributed by atoms with Gasteiger partial charge in [0.25, 0.3) is 11.6 Å². The molecule has 0 bridgehead atoms. The monoisotopic (exact) mass is 365 g/mol. The van der Waals surface area contributed by atoms with E-state index >= 15 is 0 Å². The molecule has 0 aliphatic heterocycles. The van der Waals surface area contributed by atoms with Gasteiger partial charge in [0, 0.05) is 23.1 Å². The third-order valence-corrected chi connectivity index (χ3v) is 3.90. The Hall–Kier alpha value is -4.01. The largest absolute Gasteiger partial charge is 0.493 e. The van der Waals surface area contributed by atoms with Crippen LogP contribution in [-0.2, 0) is 0 Å². The molecular weight excluding hydrogens is 354 g/mol. The quantitative estimate of drug-likeness (QED) is 0.306. The van der Waals surface area contributed by atoms with Crippen LogP contribution in [-0.4, -0.2) is 22.2 Å². The molecule has 0 atom stereocenters.